The first-order chi connectivity index (χ1) is 7.07. The van der Waals surface area contributed by atoms with Crippen molar-refractivity contribution in [1.29, 1.82) is 0 Å². The van der Waals surface area contributed by atoms with E-state index in [2.05, 4.69) is 0 Å². The molecule has 0 spiro atoms. The maximum Gasteiger partial charge on any atom is 0.302 e. The lowest BCUT2D eigenvalue weighted by Gasteiger charge is -2.16. The van der Waals surface area contributed by atoms with Gasteiger partial charge in [0.05, 0.1) is 19.6 Å². The van der Waals surface area contributed by atoms with Gasteiger partial charge in [-0.3, -0.25) is 9.59 Å². The highest BCUT2D eigenvalue weighted by Gasteiger charge is 2.08. The molecular formula is C10H19NO4. The van der Waals surface area contributed by atoms with Gasteiger partial charge in [0.25, 0.3) is 0 Å². The van der Waals surface area contributed by atoms with Gasteiger partial charge in [0.2, 0.25) is 5.91 Å². The second-order valence-corrected chi connectivity index (χ2v) is 3.10. The molecule has 1 amide bonds. The third-order valence-electron chi connectivity index (χ3n) is 1.82. The van der Waals surface area contributed by atoms with Crippen molar-refractivity contribution in [3.8, 4) is 0 Å². The van der Waals surface area contributed by atoms with Crippen molar-refractivity contribution in [3.63, 3.8) is 0 Å². The molecule has 0 fully saturated rings. The van der Waals surface area contributed by atoms with E-state index in [0.29, 0.717) is 26.2 Å². The summed E-state index contributed by atoms with van der Waals surface area (Å²) in [6.45, 7) is 4.94. The molecule has 0 aliphatic carbocycles. The van der Waals surface area contributed by atoms with E-state index < -0.39 is 0 Å². The minimum atomic E-state index is -0.329. The Morgan fingerprint density at radius 1 is 1.27 bits per heavy atom. The summed E-state index contributed by atoms with van der Waals surface area (Å²) in [7, 11) is 1.68. The molecule has 0 aromatic rings. The smallest absolute Gasteiger partial charge is 0.302 e. The van der Waals surface area contributed by atoms with Crippen LogP contribution in [0.4, 0.5) is 0 Å². The van der Waals surface area contributed by atoms with E-state index in [1.165, 1.54) is 11.8 Å². The minimum Gasteiger partial charge on any atom is -0.464 e. The number of carbonyl (C=O) groups excluding carboxylic acids is 2. The zero-order chi connectivity index (χ0) is 11.7. The van der Waals surface area contributed by atoms with Gasteiger partial charge < -0.3 is 14.4 Å². The fourth-order valence-electron chi connectivity index (χ4n) is 0.946. The Morgan fingerprint density at radius 3 is 2.47 bits per heavy atom. The monoisotopic (exact) mass is 217 g/mol. The van der Waals surface area contributed by atoms with Crippen LogP contribution in [-0.4, -0.2) is 50.2 Å². The first kappa shape index (κ1) is 13.9. The van der Waals surface area contributed by atoms with Crippen LogP contribution in [0.15, 0.2) is 0 Å². The number of ether oxygens (including phenoxy) is 2. The maximum atomic E-state index is 11.4. The number of amides is 1. The molecule has 0 bridgehead atoms. The molecular weight excluding hydrogens is 198 g/mol. The van der Waals surface area contributed by atoms with Crippen molar-refractivity contribution in [3.05, 3.63) is 0 Å². The summed E-state index contributed by atoms with van der Waals surface area (Å²) in [6, 6.07) is 0. The summed E-state index contributed by atoms with van der Waals surface area (Å²) < 4.78 is 9.79. The fourth-order valence-corrected chi connectivity index (χ4v) is 0.946. The van der Waals surface area contributed by atoms with Gasteiger partial charge in [-0.25, -0.2) is 0 Å². The Hall–Kier alpha value is -1.10. The highest BCUT2D eigenvalue weighted by Crippen LogP contribution is 1.92. The average Bonchev–Trinajstić information content (AvgIpc) is 2.17. The standard InChI is InChI=1S/C10H19NO4/c1-4-14-7-5-10(13)11(3)6-8-15-9(2)12/h4-8H2,1-3H3. The number of likely N-dealkylation sites (N-methyl/N-ethyl adjacent to an activating group) is 1. The van der Waals surface area contributed by atoms with Crippen molar-refractivity contribution in [1.82, 2.24) is 4.90 Å². The highest BCUT2D eigenvalue weighted by atomic mass is 16.5. The van der Waals surface area contributed by atoms with Gasteiger partial charge in [-0.2, -0.15) is 0 Å². The summed E-state index contributed by atoms with van der Waals surface area (Å²) in [6.07, 6.45) is 0.365. The summed E-state index contributed by atoms with van der Waals surface area (Å²) >= 11 is 0. The highest BCUT2D eigenvalue weighted by molar-refractivity contribution is 5.76. The zero-order valence-corrected chi connectivity index (χ0v) is 9.62. The van der Waals surface area contributed by atoms with Crippen LogP contribution < -0.4 is 0 Å². The molecule has 0 N–H and O–H groups in total. The minimum absolute atomic E-state index is 0.00407. The van der Waals surface area contributed by atoms with E-state index in [1.54, 1.807) is 7.05 Å². The van der Waals surface area contributed by atoms with E-state index in [1.807, 2.05) is 6.92 Å². The fraction of sp³-hybridized carbons (Fsp3) is 0.800. The molecule has 0 aliphatic rings. The van der Waals surface area contributed by atoms with Gasteiger partial charge in [-0.15, -0.1) is 0 Å². The summed E-state index contributed by atoms with van der Waals surface area (Å²) in [5.74, 6) is -0.333. The van der Waals surface area contributed by atoms with Gasteiger partial charge in [0, 0.05) is 20.6 Å². The zero-order valence-electron chi connectivity index (χ0n) is 9.62. The number of nitrogens with zero attached hydrogens (tertiary/aromatic N) is 1. The Balaban J connectivity index is 3.55. The molecule has 0 unspecified atom stereocenters. The van der Waals surface area contributed by atoms with Gasteiger partial charge >= 0.3 is 5.97 Å². The molecule has 15 heavy (non-hydrogen) atoms. The quantitative estimate of drug-likeness (QED) is 0.458. The number of hydrogen-bond donors (Lipinski definition) is 0. The van der Waals surface area contributed by atoms with E-state index in [-0.39, 0.29) is 18.5 Å². The van der Waals surface area contributed by atoms with Gasteiger partial charge in [0.15, 0.2) is 0 Å². The summed E-state index contributed by atoms with van der Waals surface area (Å²) in [5, 5.41) is 0. The first-order valence-electron chi connectivity index (χ1n) is 5.03. The molecule has 0 heterocycles. The lowest BCUT2D eigenvalue weighted by molar-refractivity contribution is -0.143. The lowest BCUT2D eigenvalue weighted by atomic mass is 10.4. The SMILES string of the molecule is CCOCCC(=O)N(C)CCOC(C)=O. The Kier molecular flexibility index (Phi) is 7.62. The topological polar surface area (TPSA) is 55.8 Å². The van der Waals surface area contributed by atoms with Gasteiger partial charge in [-0.1, -0.05) is 0 Å². The van der Waals surface area contributed by atoms with Crippen LogP contribution in [0.3, 0.4) is 0 Å². The van der Waals surface area contributed by atoms with Crippen molar-refractivity contribution in [2.24, 2.45) is 0 Å². The number of esters is 1. The molecule has 0 saturated heterocycles. The van der Waals surface area contributed by atoms with E-state index >= 15 is 0 Å². The number of carbonyl (C=O) groups is 2. The molecule has 0 rings (SSSR count). The third kappa shape index (κ3) is 7.93. The van der Waals surface area contributed by atoms with E-state index in [0.717, 1.165) is 0 Å². The van der Waals surface area contributed by atoms with Gasteiger partial charge in [-0.05, 0) is 6.92 Å². The molecule has 88 valence electrons. The van der Waals surface area contributed by atoms with Crippen LogP contribution in [0.25, 0.3) is 0 Å². The van der Waals surface area contributed by atoms with Crippen molar-refractivity contribution in [2.75, 3.05) is 33.4 Å². The third-order valence-corrected chi connectivity index (χ3v) is 1.82. The van der Waals surface area contributed by atoms with Crippen LogP contribution in [0.5, 0.6) is 0 Å². The summed E-state index contributed by atoms with van der Waals surface area (Å²) in [4.78, 5) is 23.4. The number of rotatable bonds is 7. The van der Waals surface area contributed by atoms with Crippen molar-refractivity contribution >= 4 is 11.9 Å². The van der Waals surface area contributed by atoms with Crippen molar-refractivity contribution < 1.29 is 19.1 Å². The molecule has 0 atom stereocenters. The predicted octanol–water partition coefficient (Wildman–Crippen LogP) is 0.435. The normalized spacial score (nSPS) is 9.80. The largest absolute Gasteiger partial charge is 0.464 e. The Morgan fingerprint density at radius 2 is 1.93 bits per heavy atom. The molecule has 0 aliphatic heterocycles. The van der Waals surface area contributed by atoms with Crippen LogP contribution in [0.1, 0.15) is 20.3 Å². The van der Waals surface area contributed by atoms with Crippen LogP contribution in [0.2, 0.25) is 0 Å². The second-order valence-electron chi connectivity index (χ2n) is 3.10. The Bertz CT molecular complexity index is 206. The Labute approximate surface area is 90.3 Å². The van der Waals surface area contributed by atoms with Crippen LogP contribution in [-0.2, 0) is 19.1 Å². The maximum absolute atomic E-state index is 11.4. The first-order valence-corrected chi connectivity index (χ1v) is 5.03. The van der Waals surface area contributed by atoms with E-state index in [4.69, 9.17) is 9.47 Å². The van der Waals surface area contributed by atoms with Crippen LogP contribution >= 0.6 is 0 Å². The molecule has 0 aromatic heterocycles. The van der Waals surface area contributed by atoms with E-state index in [9.17, 15) is 9.59 Å². The predicted molar refractivity (Wildman–Crippen MR) is 55.4 cm³/mol. The van der Waals surface area contributed by atoms with Crippen LogP contribution in [0, 0.1) is 0 Å². The average molecular weight is 217 g/mol. The second kappa shape index (κ2) is 8.23. The molecule has 5 nitrogen and oxygen atoms in total. The molecule has 0 aromatic carbocycles. The van der Waals surface area contributed by atoms with Gasteiger partial charge in [0.1, 0.15) is 6.61 Å². The number of hydrogen-bond acceptors (Lipinski definition) is 4. The summed E-state index contributed by atoms with van der Waals surface area (Å²) in [5.41, 5.74) is 0. The molecule has 0 saturated carbocycles. The van der Waals surface area contributed by atoms with Crippen molar-refractivity contribution in [2.45, 2.75) is 20.3 Å². The molecule has 5 heteroatoms. The lowest BCUT2D eigenvalue weighted by Crippen LogP contribution is -2.31. The molecule has 0 radical (unpaired) electrons.